The third-order valence-corrected chi connectivity index (χ3v) is 3.64. The van der Waals surface area contributed by atoms with E-state index in [-0.39, 0.29) is 5.82 Å². The van der Waals surface area contributed by atoms with Crippen LogP contribution in [0.25, 0.3) is 0 Å². The molecule has 1 saturated heterocycles. The number of anilines is 1. The van der Waals surface area contributed by atoms with Crippen LogP contribution in [0.2, 0.25) is 0 Å². The number of fused-ring (bicyclic) bond motifs is 1. The molecule has 4 heteroatoms. The first kappa shape index (κ1) is 9.61. The second kappa shape index (κ2) is 3.19. The van der Waals surface area contributed by atoms with Gasteiger partial charge in [0.2, 0.25) is 0 Å². The third kappa shape index (κ3) is 1.36. The molecular formula is C12H12FN3. The van der Waals surface area contributed by atoms with E-state index in [4.69, 9.17) is 11.0 Å². The van der Waals surface area contributed by atoms with Crippen LogP contribution in [0.5, 0.6) is 0 Å². The van der Waals surface area contributed by atoms with E-state index in [0.717, 1.165) is 18.8 Å². The molecule has 1 saturated carbocycles. The molecule has 1 aliphatic heterocycles. The van der Waals surface area contributed by atoms with E-state index in [1.54, 1.807) is 6.07 Å². The highest BCUT2D eigenvalue weighted by molar-refractivity contribution is 5.54. The molecule has 2 unspecified atom stereocenters. The first-order chi connectivity index (χ1) is 7.69. The summed E-state index contributed by atoms with van der Waals surface area (Å²) in [5.74, 6) is 0.779. The second-order valence-corrected chi connectivity index (χ2v) is 4.62. The van der Waals surface area contributed by atoms with Crippen molar-refractivity contribution in [1.29, 1.82) is 5.26 Å². The van der Waals surface area contributed by atoms with Crippen molar-refractivity contribution in [2.24, 2.45) is 17.6 Å². The van der Waals surface area contributed by atoms with Crippen molar-refractivity contribution in [1.82, 2.24) is 0 Å². The second-order valence-electron chi connectivity index (χ2n) is 4.62. The number of halogens is 1. The molecule has 1 heterocycles. The molecule has 0 amide bonds. The molecule has 0 radical (unpaired) electrons. The monoisotopic (exact) mass is 217 g/mol. The van der Waals surface area contributed by atoms with Crippen molar-refractivity contribution in [3.63, 3.8) is 0 Å². The Balaban J connectivity index is 1.85. The topological polar surface area (TPSA) is 53.0 Å². The van der Waals surface area contributed by atoms with Crippen molar-refractivity contribution in [3.8, 4) is 6.07 Å². The van der Waals surface area contributed by atoms with Crippen molar-refractivity contribution < 1.29 is 4.39 Å². The molecule has 2 atom stereocenters. The third-order valence-electron chi connectivity index (χ3n) is 3.64. The van der Waals surface area contributed by atoms with Gasteiger partial charge in [-0.3, -0.25) is 0 Å². The van der Waals surface area contributed by atoms with E-state index in [2.05, 4.69) is 4.90 Å². The molecule has 2 aliphatic rings. The molecule has 2 fully saturated rings. The zero-order valence-corrected chi connectivity index (χ0v) is 8.73. The van der Waals surface area contributed by atoms with E-state index < -0.39 is 0 Å². The molecular weight excluding hydrogens is 205 g/mol. The van der Waals surface area contributed by atoms with Crippen molar-refractivity contribution in [2.75, 3.05) is 18.0 Å². The Morgan fingerprint density at radius 2 is 2.00 bits per heavy atom. The van der Waals surface area contributed by atoms with Crippen LogP contribution < -0.4 is 10.6 Å². The van der Waals surface area contributed by atoms with Crippen LogP contribution in [0.3, 0.4) is 0 Å². The lowest BCUT2D eigenvalue weighted by atomic mass is 10.2. The first-order valence-electron chi connectivity index (χ1n) is 5.40. The van der Waals surface area contributed by atoms with E-state index in [9.17, 15) is 4.39 Å². The normalized spacial score (nSPS) is 31.1. The lowest BCUT2D eigenvalue weighted by Crippen LogP contribution is -2.28. The maximum absolute atomic E-state index is 13.3. The lowest BCUT2D eigenvalue weighted by Gasteiger charge is -2.21. The molecule has 82 valence electrons. The summed E-state index contributed by atoms with van der Waals surface area (Å²) in [5.41, 5.74) is 7.02. The number of hydrogen-bond donors (Lipinski definition) is 1. The van der Waals surface area contributed by atoms with E-state index >= 15 is 0 Å². The van der Waals surface area contributed by atoms with Gasteiger partial charge in [0.05, 0.1) is 11.6 Å². The SMILES string of the molecule is N#Cc1cc(F)cc(N2CC3C(N)C3C2)c1. The zero-order chi connectivity index (χ0) is 11.3. The van der Waals surface area contributed by atoms with Gasteiger partial charge in [-0.1, -0.05) is 0 Å². The fourth-order valence-corrected chi connectivity index (χ4v) is 2.60. The summed E-state index contributed by atoms with van der Waals surface area (Å²) in [7, 11) is 0. The van der Waals surface area contributed by atoms with E-state index in [0.29, 0.717) is 23.4 Å². The number of nitrogens with zero attached hydrogens (tertiary/aromatic N) is 2. The quantitative estimate of drug-likeness (QED) is 0.766. The van der Waals surface area contributed by atoms with Gasteiger partial charge in [0, 0.05) is 24.8 Å². The van der Waals surface area contributed by atoms with Gasteiger partial charge in [-0.2, -0.15) is 5.26 Å². The van der Waals surface area contributed by atoms with Gasteiger partial charge in [-0.15, -0.1) is 0 Å². The molecule has 1 aromatic carbocycles. The van der Waals surface area contributed by atoms with Crippen molar-refractivity contribution in [2.45, 2.75) is 6.04 Å². The summed E-state index contributed by atoms with van der Waals surface area (Å²) in [6, 6.07) is 6.78. The Bertz CT molecular complexity index is 468. The van der Waals surface area contributed by atoms with Gasteiger partial charge in [-0.05, 0) is 30.0 Å². The molecule has 1 aliphatic carbocycles. The first-order valence-corrected chi connectivity index (χ1v) is 5.40. The molecule has 3 rings (SSSR count). The van der Waals surface area contributed by atoms with Gasteiger partial charge in [0.15, 0.2) is 0 Å². The molecule has 0 aromatic heterocycles. The maximum Gasteiger partial charge on any atom is 0.126 e. The molecule has 2 N–H and O–H groups in total. The van der Waals surface area contributed by atoms with Crippen LogP contribution in [0.1, 0.15) is 5.56 Å². The number of nitriles is 1. The van der Waals surface area contributed by atoms with Crippen LogP contribution in [0.4, 0.5) is 10.1 Å². The van der Waals surface area contributed by atoms with Crippen molar-refractivity contribution in [3.05, 3.63) is 29.6 Å². The largest absolute Gasteiger partial charge is 0.371 e. The minimum Gasteiger partial charge on any atom is -0.371 e. The molecule has 3 nitrogen and oxygen atoms in total. The summed E-state index contributed by atoms with van der Waals surface area (Å²) >= 11 is 0. The average molecular weight is 217 g/mol. The summed E-state index contributed by atoms with van der Waals surface area (Å²) in [6.45, 7) is 1.78. The minimum atomic E-state index is -0.348. The summed E-state index contributed by atoms with van der Waals surface area (Å²) < 4.78 is 13.3. The van der Waals surface area contributed by atoms with Gasteiger partial charge < -0.3 is 10.6 Å². The number of rotatable bonds is 1. The Morgan fingerprint density at radius 3 is 2.62 bits per heavy atom. The summed E-state index contributed by atoms with van der Waals surface area (Å²) in [4.78, 5) is 2.11. The Kier molecular flexibility index (Phi) is 1.92. The van der Waals surface area contributed by atoms with Crippen LogP contribution in [0, 0.1) is 29.0 Å². The van der Waals surface area contributed by atoms with Gasteiger partial charge >= 0.3 is 0 Å². The van der Waals surface area contributed by atoms with E-state index in [1.807, 2.05) is 6.07 Å². The van der Waals surface area contributed by atoms with Gasteiger partial charge in [0.1, 0.15) is 5.82 Å². The highest BCUT2D eigenvalue weighted by atomic mass is 19.1. The number of benzene rings is 1. The van der Waals surface area contributed by atoms with E-state index in [1.165, 1.54) is 12.1 Å². The minimum absolute atomic E-state index is 0.334. The van der Waals surface area contributed by atoms with Gasteiger partial charge in [0.25, 0.3) is 0 Å². The average Bonchev–Trinajstić information content (AvgIpc) is 2.74. The number of hydrogen-bond acceptors (Lipinski definition) is 3. The fraction of sp³-hybridized carbons (Fsp3) is 0.417. The van der Waals surface area contributed by atoms with Crippen molar-refractivity contribution >= 4 is 5.69 Å². The Hall–Kier alpha value is -1.60. The predicted octanol–water partition coefficient (Wildman–Crippen LogP) is 1.09. The van der Waals surface area contributed by atoms with Gasteiger partial charge in [-0.25, -0.2) is 4.39 Å². The fourth-order valence-electron chi connectivity index (χ4n) is 2.60. The number of nitrogens with two attached hydrogens (primary N) is 1. The zero-order valence-electron chi connectivity index (χ0n) is 8.73. The smallest absolute Gasteiger partial charge is 0.126 e. The molecule has 16 heavy (non-hydrogen) atoms. The molecule has 0 spiro atoms. The van der Waals surface area contributed by atoms with Crippen LogP contribution in [0.15, 0.2) is 18.2 Å². The summed E-state index contributed by atoms with van der Waals surface area (Å²) in [6.07, 6.45) is 0. The van der Waals surface area contributed by atoms with Crippen LogP contribution in [-0.2, 0) is 0 Å². The Labute approximate surface area is 93.3 Å². The van der Waals surface area contributed by atoms with Crippen LogP contribution >= 0.6 is 0 Å². The predicted molar refractivity (Wildman–Crippen MR) is 58.3 cm³/mol. The molecule has 0 bridgehead atoms. The maximum atomic E-state index is 13.3. The lowest BCUT2D eigenvalue weighted by molar-refractivity contribution is 0.625. The summed E-state index contributed by atoms with van der Waals surface area (Å²) in [5, 5.41) is 8.78. The standard InChI is InChI=1S/C12H12FN3/c13-8-1-7(4-14)2-9(3-8)16-5-10-11(6-16)12(10)15/h1-3,10-12H,5-6,15H2. The number of piperidine rings is 1. The highest BCUT2D eigenvalue weighted by Crippen LogP contribution is 2.45. The van der Waals surface area contributed by atoms with Crippen LogP contribution in [-0.4, -0.2) is 19.1 Å². The highest BCUT2D eigenvalue weighted by Gasteiger charge is 2.53. The Morgan fingerprint density at radius 1 is 1.31 bits per heavy atom. The molecule has 1 aromatic rings.